The number of aromatic amines is 1. The third kappa shape index (κ3) is 2.20. The van der Waals surface area contributed by atoms with Gasteiger partial charge >= 0.3 is 0 Å². The molecule has 120 valence electrons. The Morgan fingerprint density at radius 2 is 2.21 bits per heavy atom. The summed E-state index contributed by atoms with van der Waals surface area (Å²) in [6.45, 7) is 0. The fourth-order valence-electron chi connectivity index (χ4n) is 2.66. The molecule has 0 bridgehead atoms. The third-order valence-corrected chi connectivity index (χ3v) is 4.20. The number of rotatable bonds is 2. The fourth-order valence-corrected chi connectivity index (χ4v) is 3.09. The first-order valence-electron chi connectivity index (χ1n) is 8.41. The molecule has 0 spiro atoms. The molecule has 0 aliphatic rings. The monoisotopic (exact) mass is 390 g/mol. The van der Waals surface area contributed by atoms with Crippen molar-refractivity contribution in [3.8, 4) is 11.4 Å². The maximum atomic E-state index is 14.2. The number of aromatic nitrogens is 3. The van der Waals surface area contributed by atoms with Crippen molar-refractivity contribution in [2.24, 2.45) is 0 Å². The summed E-state index contributed by atoms with van der Waals surface area (Å²) in [7, 11) is -2.60. The smallest absolute Gasteiger partial charge is 0.280 e. The Morgan fingerprint density at radius 1 is 1.33 bits per heavy atom. The summed E-state index contributed by atoms with van der Waals surface area (Å²) in [6.07, 6.45) is 1.31. The van der Waals surface area contributed by atoms with Crippen LogP contribution in [-0.2, 0) is 0 Å². The summed E-state index contributed by atoms with van der Waals surface area (Å²) in [5.41, 5.74) is 0.540. The molecule has 0 unspecified atom stereocenters. The second kappa shape index (κ2) is 5.45. The largest absolute Gasteiger partial charge is 0.497 e. The van der Waals surface area contributed by atoms with Crippen LogP contribution < -0.4 is 10.3 Å². The minimum Gasteiger partial charge on any atom is -0.497 e. The zero-order valence-corrected chi connectivity index (χ0v) is 13.6. The number of nitrogens with one attached hydrogen (secondary N) is 1. The average Bonchev–Trinajstić information content (AvgIpc) is 2.91. The first kappa shape index (κ1) is 11.8. The SMILES string of the molecule is [2H]C([2H])([2H])Oc1cccc(-n2[nH]c3c(cnc4c(F)cc(Br)cc43)c2=O)c1. The Labute approximate surface area is 148 Å². The molecule has 2 aromatic heterocycles. The van der Waals surface area contributed by atoms with Crippen LogP contribution in [0.2, 0.25) is 0 Å². The molecule has 0 fully saturated rings. The Hall–Kier alpha value is -2.67. The molecule has 4 rings (SSSR count). The van der Waals surface area contributed by atoms with Gasteiger partial charge in [0.15, 0.2) is 5.82 Å². The quantitative estimate of drug-likeness (QED) is 0.566. The van der Waals surface area contributed by atoms with Crippen LogP contribution in [0.1, 0.15) is 4.11 Å². The predicted molar refractivity (Wildman–Crippen MR) is 93.4 cm³/mol. The van der Waals surface area contributed by atoms with Gasteiger partial charge in [0.25, 0.3) is 5.56 Å². The van der Waals surface area contributed by atoms with Crippen LogP contribution in [0.5, 0.6) is 5.75 Å². The minimum atomic E-state index is -2.60. The van der Waals surface area contributed by atoms with Crippen LogP contribution in [0.15, 0.2) is 51.9 Å². The van der Waals surface area contributed by atoms with Crippen molar-refractivity contribution >= 4 is 37.7 Å². The maximum Gasteiger partial charge on any atom is 0.280 e. The molecule has 0 aliphatic carbocycles. The molecule has 4 aromatic rings. The molecule has 2 heterocycles. The lowest BCUT2D eigenvalue weighted by Crippen LogP contribution is -2.14. The van der Waals surface area contributed by atoms with Crippen molar-refractivity contribution in [2.45, 2.75) is 0 Å². The van der Waals surface area contributed by atoms with Gasteiger partial charge in [-0.15, -0.1) is 0 Å². The predicted octanol–water partition coefficient (Wildman–Crippen LogP) is 3.78. The van der Waals surface area contributed by atoms with Crippen molar-refractivity contribution in [3.05, 3.63) is 63.2 Å². The molecule has 1 N–H and O–H groups in total. The second-order valence-corrected chi connectivity index (χ2v) is 6.10. The van der Waals surface area contributed by atoms with Gasteiger partial charge in [-0.05, 0) is 24.3 Å². The molecular formula is C17H11BrFN3O2. The normalized spacial score (nSPS) is 13.7. The van der Waals surface area contributed by atoms with Crippen LogP contribution in [0.4, 0.5) is 4.39 Å². The number of nitrogens with zero attached hydrogens (tertiary/aromatic N) is 2. The lowest BCUT2D eigenvalue weighted by Gasteiger charge is -2.04. The summed E-state index contributed by atoms with van der Waals surface area (Å²) in [5.74, 6) is -0.419. The molecule has 0 saturated carbocycles. The zero-order chi connectivity index (χ0) is 19.3. The van der Waals surface area contributed by atoms with E-state index in [0.29, 0.717) is 21.1 Å². The van der Waals surface area contributed by atoms with Gasteiger partial charge in [0.05, 0.1) is 27.7 Å². The van der Waals surface area contributed by atoms with Gasteiger partial charge in [0, 0.05) is 22.1 Å². The van der Waals surface area contributed by atoms with Gasteiger partial charge < -0.3 is 4.74 Å². The van der Waals surface area contributed by atoms with Gasteiger partial charge in [-0.25, -0.2) is 9.07 Å². The third-order valence-electron chi connectivity index (χ3n) is 3.74. The molecule has 0 atom stereocenters. The highest BCUT2D eigenvalue weighted by molar-refractivity contribution is 9.10. The van der Waals surface area contributed by atoms with Crippen LogP contribution in [-0.4, -0.2) is 21.8 Å². The van der Waals surface area contributed by atoms with E-state index in [1.54, 1.807) is 18.2 Å². The Balaban J connectivity index is 1.94. The first-order valence-corrected chi connectivity index (χ1v) is 7.70. The molecule has 0 saturated heterocycles. The lowest BCUT2D eigenvalue weighted by molar-refractivity contribution is 0.414. The summed E-state index contributed by atoms with van der Waals surface area (Å²) in [5, 5.41) is 3.68. The molecule has 2 aromatic carbocycles. The average molecular weight is 391 g/mol. The number of pyridine rings is 1. The Morgan fingerprint density at radius 3 is 3.04 bits per heavy atom. The van der Waals surface area contributed by atoms with Gasteiger partial charge in [0.2, 0.25) is 0 Å². The molecule has 24 heavy (non-hydrogen) atoms. The van der Waals surface area contributed by atoms with Crippen molar-refractivity contribution in [2.75, 3.05) is 7.04 Å². The highest BCUT2D eigenvalue weighted by Gasteiger charge is 2.14. The van der Waals surface area contributed by atoms with E-state index in [1.807, 2.05) is 0 Å². The van der Waals surface area contributed by atoms with E-state index in [1.165, 1.54) is 29.1 Å². The number of hydrogen-bond donors (Lipinski definition) is 1. The highest BCUT2D eigenvalue weighted by Crippen LogP contribution is 2.27. The van der Waals surface area contributed by atoms with E-state index < -0.39 is 18.4 Å². The second-order valence-electron chi connectivity index (χ2n) is 5.18. The number of methoxy groups -OCH3 is 1. The molecule has 0 aliphatic heterocycles. The van der Waals surface area contributed by atoms with E-state index in [4.69, 9.17) is 8.85 Å². The topological polar surface area (TPSA) is 59.9 Å². The standard InChI is InChI=1S/C17H11BrFN3O2/c1-24-11-4-2-3-10(7-11)22-17(23)13-8-20-16-12(15(13)21-22)5-9(18)6-14(16)19/h2-8,21H,1H3/i1D3. The van der Waals surface area contributed by atoms with E-state index in [9.17, 15) is 9.18 Å². The van der Waals surface area contributed by atoms with Crippen molar-refractivity contribution in [3.63, 3.8) is 0 Å². The van der Waals surface area contributed by atoms with Gasteiger partial charge in [-0.2, -0.15) is 0 Å². The summed E-state index contributed by atoms with van der Waals surface area (Å²) in [4.78, 5) is 16.8. The Bertz CT molecular complexity index is 1250. The van der Waals surface area contributed by atoms with Gasteiger partial charge in [0.1, 0.15) is 11.3 Å². The van der Waals surface area contributed by atoms with Crippen molar-refractivity contribution in [1.82, 2.24) is 14.8 Å². The maximum absolute atomic E-state index is 14.2. The van der Waals surface area contributed by atoms with Crippen molar-refractivity contribution < 1.29 is 13.2 Å². The number of ether oxygens (including phenoxy) is 1. The summed E-state index contributed by atoms with van der Waals surface area (Å²) >= 11 is 3.24. The van der Waals surface area contributed by atoms with Gasteiger partial charge in [-0.3, -0.25) is 14.9 Å². The number of benzene rings is 2. The first-order chi connectivity index (χ1) is 12.7. The lowest BCUT2D eigenvalue weighted by atomic mass is 10.1. The number of hydrogen-bond acceptors (Lipinski definition) is 3. The Kier molecular flexibility index (Phi) is 2.68. The fraction of sp³-hybridized carbons (Fsp3) is 0.0588. The highest BCUT2D eigenvalue weighted by atomic mass is 79.9. The van der Waals surface area contributed by atoms with Crippen LogP contribution in [0.3, 0.4) is 0 Å². The van der Waals surface area contributed by atoms with Crippen molar-refractivity contribution in [1.29, 1.82) is 0 Å². The number of H-pyrrole nitrogens is 1. The molecule has 0 amide bonds. The molecular weight excluding hydrogens is 377 g/mol. The minimum absolute atomic E-state index is 0.0924. The van der Waals surface area contributed by atoms with E-state index >= 15 is 0 Å². The van der Waals surface area contributed by atoms with Crippen LogP contribution in [0, 0.1) is 5.82 Å². The van der Waals surface area contributed by atoms with E-state index in [0.717, 1.165) is 0 Å². The van der Waals surface area contributed by atoms with E-state index in [-0.39, 0.29) is 16.7 Å². The van der Waals surface area contributed by atoms with Crippen LogP contribution in [0.25, 0.3) is 27.5 Å². The summed E-state index contributed by atoms with van der Waals surface area (Å²) in [6, 6.07) is 9.06. The number of halogens is 2. The molecule has 7 heteroatoms. The molecule has 0 radical (unpaired) electrons. The van der Waals surface area contributed by atoms with Gasteiger partial charge in [-0.1, -0.05) is 22.0 Å². The number of fused-ring (bicyclic) bond motifs is 3. The summed E-state index contributed by atoms with van der Waals surface area (Å²) < 4.78 is 42.4. The molecule has 5 nitrogen and oxygen atoms in total. The van der Waals surface area contributed by atoms with E-state index in [2.05, 4.69) is 26.0 Å². The zero-order valence-electron chi connectivity index (χ0n) is 15.0. The van der Waals surface area contributed by atoms with Crippen LogP contribution >= 0.6 is 15.9 Å².